The van der Waals surface area contributed by atoms with Crippen LogP contribution in [0.3, 0.4) is 0 Å². The van der Waals surface area contributed by atoms with Gasteiger partial charge in [0.25, 0.3) is 11.6 Å². The van der Waals surface area contributed by atoms with E-state index in [4.69, 9.17) is 0 Å². The monoisotopic (exact) mass is 294 g/mol. The highest BCUT2D eigenvalue weighted by Gasteiger charge is 2.22. The summed E-state index contributed by atoms with van der Waals surface area (Å²) in [5, 5.41) is 16.9. The predicted octanol–water partition coefficient (Wildman–Crippen LogP) is 2.73. The normalized spacial score (nSPS) is 10.5. The maximum Gasteiger partial charge on any atom is 0.300 e. The molecule has 21 heavy (non-hydrogen) atoms. The third-order valence-corrected chi connectivity index (χ3v) is 3.20. The fraction of sp³-hybridized carbons (Fsp3) is 0.571. The summed E-state index contributed by atoms with van der Waals surface area (Å²) in [4.78, 5) is 26.7. The van der Waals surface area contributed by atoms with Crippen molar-refractivity contribution in [2.45, 2.75) is 46.1 Å². The van der Waals surface area contributed by atoms with Crippen molar-refractivity contribution in [1.82, 2.24) is 10.3 Å². The Labute approximate surface area is 124 Å². The maximum absolute atomic E-state index is 12.3. The molecule has 1 aromatic heterocycles. The Balaban J connectivity index is 3.04. The number of nitrogens with zero attached hydrogens (tertiary/aromatic N) is 2. The number of carbonyl (C=O) groups is 1. The molecule has 0 aliphatic carbocycles. The van der Waals surface area contributed by atoms with Crippen LogP contribution in [-0.2, 0) is 0 Å². The lowest BCUT2D eigenvalue weighted by atomic mass is 10.1. The summed E-state index contributed by atoms with van der Waals surface area (Å²) in [5.74, 6) is 0.0366. The van der Waals surface area contributed by atoms with Gasteiger partial charge in [-0.15, -0.1) is 0 Å². The maximum atomic E-state index is 12.3. The van der Waals surface area contributed by atoms with E-state index in [1.165, 1.54) is 6.07 Å². The van der Waals surface area contributed by atoms with Crippen molar-refractivity contribution in [3.8, 4) is 0 Å². The van der Waals surface area contributed by atoms with E-state index in [2.05, 4.69) is 15.6 Å². The molecule has 1 heterocycles. The molecule has 0 spiro atoms. The highest BCUT2D eigenvalue weighted by atomic mass is 16.6. The minimum atomic E-state index is -0.585. The highest BCUT2D eigenvalue weighted by molar-refractivity contribution is 5.98. The number of carbonyl (C=O) groups excluding carboxylic acids is 1. The van der Waals surface area contributed by atoms with Crippen molar-refractivity contribution in [3.05, 3.63) is 27.9 Å². The zero-order valence-corrected chi connectivity index (χ0v) is 12.7. The first-order chi connectivity index (χ1) is 10.0. The number of rotatable bonds is 8. The summed E-state index contributed by atoms with van der Waals surface area (Å²) in [6.45, 7) is 6.62. The van der Waals surface area contributed by atoms with Gasteiger partial charge in [-0.1, -0.05) is 20.8 Å². The largest absolute Gasteiger partial charge is 0.370 e. The molecular formula is C14H22N4O3. The number of aromatic nitrogens is 1. The van der Waals surface area contributed by atoms with Crippen LogP contribution in [0.2, 0.25) is 0 Å². The molecule has 0 saturated carbocycles. The average molecular weight is 294 g/mol. The van der Waals surface area contributed by atoms with Gasteiger partial charge in [0, 0.05) is 18.7 Å². The number of anilines is 1. The molecule has 1 rings (SSSR count). The molecule has 1 amide bonds. The number of amides is 1. The SMILES string of the molecule is CCCNc1cc(C(=O)NC(CC)CC)c([N+](=O)[O-])cn1. The molecule has 7 nitrogen and oxygen atoms in total. The number of hydrogen-bond acceptors (Lipinski definition) is 5. The van der Waals surface area contributed by atoms with Gasteiger partial charge in [-0.2, -0.15) is 0 Å². The second kappa shape index (κ2) is 8.18. The fourth-order valence-corrected chi connectivity index (χ4v) is 1.88. The second-order valence-corrected chi connectivity index (χ2v) is 4.76. The standard InChI is InChI=1S/C14H22N4O3/c1-4-7-15-13-8-11(12(9-16-13)18(20)21)14(19)17-10(5-2)6-3/h8-10H,4-7H2,1-3H3,(H,15,16)(H,17,19). The van der Waals surface area contributed by atoms with Gasteiger partial charge in [0.1, 0.15) is 17.6 Å². The van der Waals surface area contributed by atoms with Crippen LogP contribution in [-0.4, -0.2) is 28.4 Å². The Morgan fingerprint density at radius 1 is 1.38 bits per heavy atom. The van der Waals surface area contributed by atoms with Crippen LogP contribution in [0.5, 0.6) is 0 Å². The van der Waals surface area contributed by atoms with Crippen molar-refractivity contribution >= 4 is 17.4 Å². The molecule has 0 aliphatic rings. The van der Waals surface area contributed by atoms with E-state index < -0.39 is 10.8 Å². The lowest BCUT2D eigenvalue weighted by Crippen LogP contribution is -2.34. The molecule has 116 valence electrons. The van der Waals surface area contributed by atoms with E-state index in [9.17, 15) is 14.9 Å². The molecule has 7 heteroatoms. The van der Waals surface area contributed by atoms with E-state index in [1.807, 2.05) is 20.8 Å². The van der Waals surface area contributed by atoms with E-state index in [0.717, 1.165) is 25.5 Å². The summed E-state index contributed by atoms with van der Waals surface area (Å²) in [5.41, 5.74) is -0.235. The lowest BCUT2D eigenvalue weighted by Gasteiger charge is -2.15. The van der Waals surface area contributed by atoms with Gasteiger partial charge in [-0.25, -0.2) is 4.98 Å². The van der Waals surface area contributed by atoms with Crippen molar-refractivity contribution in [1.29, 1.82) is 0 Å². The van der Waals surface area contributed by atoms with Gasteiger partial charge in [-0.05, 0) is 19.3 Å². The number of hydrogen-bond donors (Lipinski definition) is 2. The second-order valence-electron chi connectivity index (χ2n) is 4.76. The van der Waals surface area contributed by atoms with Crippen molar-refractivity contribution in [2.24, 2.45) is 0 Å². The molecule has 0 aromatic carbocycles. The molecule has 1 aromatic rings. The molecule has 0 saturated heterocycles. The van der Waals surface area contributed by atoms with E-state index in [-0.39, 0.29) is 17.3 Å². The third-order valence-electron chi connectivity index (χ3n) is 3.20. The Hall–Kier alpha value is -2.18. The van der Waals surface area contributed by atoms with Crippen molar-refractivity contribution in [2.75, 3.05) is 11.9 Å². The van der Waals surface area contributed by atoms with Crippen LogP contribution in [0.15, 0.2) is 12.3 Å². The first kappa shape index (κ1) is 16.9. The van der Waals surface area contributed by atoms with Crippen LogP contribution in [0.1, 0.15) is 50.4 Å². The molecule has 0 bridgehead atoms. The van der Waals surface area contributed by atoms with Crippen molar-refractivity contribution in [3.63, 3.8) is 0 Å². The predicted molar refractivity (Wildman–Crippen MR) is 81.5 cm³/mol. The quantitative estimate of drug-likeness (QED) is 0.567. The van der Waals surface area contributed by atoms with E-state index in [0.29, 0.717) is 12.4 Å². The highest BCUT2D eigenvalue weighted by Crippen LogP contribution is 2.20. The van der Waals surface area contributed by atoms with Crippen LogP contribution in [0, 0.1) is 10.1 Å². The van der Waals surface area contributed by atoms with Gasteiger partial charge < -0.3 is 10.6 Å². The van der Waals surface area contributed by atoms with E-state index >= 15 is 0 Å². The van der Waals surface area contributed by atoms with Crippen LogP contribution >= 0.6 is 0 Å². The zero-order valence-electron chi connectivity index (χ0n) is 12.7. The van der Waals surface area contributed by atoms with E-state index in [1.54, 1.807) is 0 Å². The third kappa shape index (κ3) is 4.70. The summed E-state index contributed by atoms with van der Waals surface area (Å²) in [6.07, 6.45) is 3.58. The minimum Gasteiger partial charge on any atom is -0.370 e. The van der Waals surface area contributed by atoms with Crippen LogP contribution < -0.4 is 10.6 Å². The van der Waals surface area contributed by atoms with Gasteiger partial charge >= 0.3 is 0 Å². The summed E-state index contributed by atoms with van der Waals surface area (Å²) < 4.78 is 0. The number of nitro groups is 1. The fourth-order valence-electron chi connectivity index (χ4n) is 1.88. The lowest BCUT2D eigenvalue weighted by molar-refractivity contribution is -0.385. The van der Waals surface area contributed by atoms with Gasteiger partial charge in [0.05, 0.1) is 4.92 Å². The molecule has 0 unspecified atom stereocenters. The molecule has 0 fully saturated rings. The first-order valence-corrected chi connectivity index (χ1v) is 7.22. The topological polar surface area (TPSA) is 97.2 Å². The Kier molecular flexibility index (Phi) is 6.58. The Bertz CT molecular complexity index is 501. The Morgan fingerprint density at radius 2 is 2.05 bits per heavy atom. The summed E-state index contributed by atoms with van der Waals surface area (Å²) in [6, 6.07) is 1.45. The van der Waals surface area contributed by atoms with Crippen molar-refractivity contribution < 1.29 is 9.72 Å². The number of pyridine rings is 1. The molecule has 0 aliphatic heterocycles. The molecule has 0 radical (unpaired) electrons. The van der Waals surface area contributed by atoms with Gasteiger partial charge in [0.15, 0.2) is 0 Å². The Morgan fingerprint density at radius 3 is 2.57 bits per heavy atom. The number of nitrogens with one attached hydrogen (secondary N) is 2. The van der Waals surface area contributed by atoms with Crippen LogP contribution in [0.4, 0.5) is 11.5 Å². The first-order valence-electron chi connectivity index (χ1n) is 7.22. The zero-order chi connectivity index (χ0) is 15.8. The summed E-state index contributed by atoms with van der Waals surface area (Å²) in [7, 11) is 0. The minimum absolute atomic E-state index is 0.0114. The average Bonchev–Trinajstić information content (AvgIpc) is 2.49. The molecule has 0 atom stereocenters. The summed E-state index contributed by atoms with van der Waals surface area (Å²) >= 11 is 0. The van der Waals surface area contributed by atoms with Gasteiger partial charge in [0.2, 0.25) is 0 Å². The smallest absolute Gasteiger partial charge is 0.300 e. The molecular weight excluding hydrogens is 272 g/mol. The molecule has 2 N–H and O–H groups in total. The van der Waals surface area contributed by atoms with Gasteiger partial charge in [-0.3, -0.25) is 14.9 Å². The van der Waals surface area contributed by atoms with Crippen LogP contribution in [0.25, 0.3) is 0 Å².